The van der Waals surface area contributed by atoms with E-state index in [1.54, 1.807) is 31.3 Å². The lowest BCUT2D eigenvalue weighted by Crippen LogP contribution is -2.52. The smallest absolute Gasteiger partial charge is 0.226 e. The molecule has 37 heavy (non-hydrogen) atoms. The fourth-order valence-corrected chi connectivity index (χ4v) is 4.08. The van der Waals surface area contributed by atoms with Crippen molar-refractivity contribution in [1.29, 1.82) is 0 Å². The number of ether oxygens (including phenoxy) is 1. The summed E-state index contributed by atoms with van der Waals surface area (Å²) >= 11 is 0. The normalized spacial score (nSPS) is 15.9. The zero-order valence-electron chi connectivity index (χ0n) is 19.6. The van der Waals surface area contributed by atoms with Gasteiger partial charge in [-0.25, -0.2) is 43.2 Å². The Balaban J connectivity index is 1.28. The van der Waals surface area contributed by atoms with E-state index in [1.807, 2.05) is 4.90 Å². The number of alkyl halides is 1. The van der Waals surface area contributed by atoms with Crippen LogP contribution in [0, 0.1) is 12.7 Å². The van der Waals surface area contributed by atoms with E-state index in [0.29, 0.717) is 53.8 Å². The number of fused-ring (bicyclic) bond motifs is 2. The highest BCUT2D eigenvalue weighted by Crippen LogP contribution is 2.32. The SMILES string of the molecule is Cc1c(Oc2cc3ncnn3cn2)ccc(Nc2ncnc3cnc(N4CCN[C@H](CF)C4)nc23)c1F. The molecule has 1 saturated heterocycles. The van der Waals surface area contributed by atoms with Crippen LogP contribution < -0.4 is 20.3 Å². The van der Waals surface area contributed by atoms with Crippen molar-refractivity contribution in [3.63, 3.8) is 0 Å². The summed E-state index contributed by atoms with van der Waals surface area (Å²) in [6.07, 6.45) is 5.80. The van der Waals surface area contributed by atoms with Crippen LogP contribution in [0.5, 0.6) is 11.6 Å². The van der Waals surface area contributed by atoms with Gasteiger partial charge in [-0.2, -0.15) is 5.10 Å². The van der Waals surface area contributed by atoms with Crippen molar-refractivity contribution < 1.29 is 13.5 Å². The van der Waals surface area contributed by atoms with Gasteiger partial charge in [0, 0.05) is 31.3 Å². The molecule has 0 aliphatic carbocycles. The van der Waals surface area contributed by atoms with Crippen LogP contribution in [0.1, 0.15) is 5.56 Å². The van der Waals surface area contributed by atoms with E-state index >= 15 is 4.39 Å². The zero-order chi connectivity index (χ0) is 25.4. The van der Waals surface area contributed by atoms with Crippen molar-refractivity contribution in [2.45, 2.75) is 13.0 Å². The molecule has 12 nitrogen and oxygen atoms in total. The minimum Gasteiger partial charge on any atom is -0.438 e. The molecule has 188 valence electrons. The molecule has 0 saturated carbocycles. The number of hydrogen-bond acceptors (Lipinski definition) is 11. The summed E-state index contributed by atoms with van der Waals surface area (Å²) in [6, 6.07) is 4.50. The van der Waals surface area contributed by atoms with Gasteiger partial charge in [0.2, 0.25) is 11.8 Å². The number of nitrogens with zero attached hydrogens (tertiary/aromatic N) is 9. The van der Waals surface area contributed by atoms with Gasteiger partial charge < -0.3 is 20.3 Å². The molecule has 2 N–H and O–H groups in total. The summed E-state index contributed by atoms with van der Waals surface area (Å²) in [5, 5.41) is 10.1. The Morgan fingerprint density at radius 3 is 2.97 bits per heavy atom. The second-order valence-electron chi connectivity index (χ2n) is 8.44. The molecule has 0 unspecified atom stereocenters. The molecule has 4 aromatic heterocycles. The molecule has 1 aliphatic rings. The average Bonchev–Trinajstić information content (AvgIpc) is 3.41. The third-order valence-corrected chi connectivity index (χ3v) is 6.04. The Kier molecular flexibility index (Phi) is 5.84. The topological polar surface area (TPSA) is 131 Å². The van der Waals surface area contributed by atoms with E-state index < -0.39 is 12.5 Å². The molecule has 1 atom stereocenters. The molecule has 1 aromatic carbocycles. The van der Waals surface area contributed by atoms with Crippen LogP contribution in [0.25, 0.3) is 16.7 Å². The number of halogens is 2. The van der Waals surface area contributed by atoms with E-state index in [-0.39, 0.29) is 23.2 Å². The van der Waals surface area contributed by atoms with E-state index in [4.69, 9.17) is 4.74 Å². The van der Waals surface area contributed by atoms with E-state index in [0.717, 1.165) is 0 Å². The quantitative estimate of drug-likeness (QED) is 0.353. The highest BCUT2D eigenvalue weighted by Gasteiger charge is 2.22. The summed E-state index contributed by atoms with van der Waals surface area (Å²) in [5.41, 5.74) is 1.93. The van der Waals surface area contributed by atoms with Crippen LogP contribution in [0.15, 0.2) is 43.4 Å². The van der Waals surface area contributed by atoms with Crippen molar-refractivity contribution >= 4 is 34.1 Å². The third-order valence-electron chi connectivity index (χ3n) is 6.04. The highest BCUT2D eigenvalue weighted by atomic mass is 19.1. The van der Waals surface area contributed by atoms with Crippen LogP contribution >= 0.6 is 0 Å². The lowest BCUT2D eigenvalue weighted by Gasteiger charge is -2.32. The fraction of sp³-hybridized carbons (Fsp3) is 0.261. The minimum atomic E-state index is -0.519. The Hall–Kier alpha value is -4.59. The molecule has 6 rings (SSSR count). The molecule has 0 spiro atoms. The Labute approximate surface area is 208 Å². The molecule has 0 bridgehead atoms. The standard InChI is InChI=1S/C23H21F2N11O/c1-13-17(37-19-6-18-29-11-32-36(18)12-31-19)3-2-15(20(13)25)33-22-21-16(28-10-30-22)8-27-23(34-21)35-5-4-26-14(7-24)9-35/h2-3,6,8,10-12,14,26H,4-5,7,9H2,1H3,(H,28,30,33)/t14-/m1/s1. The lowest BCUT2D eigenvalue weighted by molar-refractivity contribution is 0.351. The summed E-state index contributed by atoms with van der Waals surface area (Å²) in [5.74, 6) is 0.796. The van der Waals surface area contributed by atoms with E-state index in [1.165, 1.54) is 23.5 Å². The van der Waals surface area contributed by atoms with Crippen LogP contribution in [-0.2, 0) is 0 Å². The molecule has 5 heterocycles. The first kappa shape index (κ1) is 22.8. The lowest BCUT2D eigenvalue weighted by atomic mass is 10.2. The van der Waals surface area contributed by atoms with Gasteiger partial charge in [0.1, 0.15) is 42.4 Å². The predicted octanol–water partition coefficient (Wildman–Crippen LogP) is 2.59. The molecule has 1 fully saturated rings. The van der Waals surface area contributed by atoms with Crippen molar-refractivity contribution in [2.75, 3.05) is 36.5 Å². The van der Waals surface area contributed by atoms with Crippen LogP contribution in [0.3, 0.4) is 0 Å². The van der Waals surface area contributed by atoms with Crippen molar-refractivity contribution in [1.82, 2.24) is 44.8 Å². The molecular weight excluding hydrogens is 484 g/mol. The zero-order valence-corrected chi connectivity index (χ0v) is 19.6. The van der Waals surface area contributed by atoms with Gasteiger partial charge in [0.15, 0.2) is 17.3 Å². The predicted molar refractivity (Wildman–Crippen MR) is 130 cm³/mol. The fourth-order valence-electron chi connectivity index (χ4n) is 4.08. The molecule has 1 aliphatic heterocycles. The van der Waals surface area contributed by atoms with Crippen molar-refractivity contribution in [2.24, 2.45) is 0 Å². The maximum atomic E-state index is 15.4. The number of nitrogens with one attached hydrogen (secondary N) is 2. The van der Waals surface area contributed by atoms with Gasteiger partial charge in [-0.15, -0.1) is 0 Å². The molecular formula is C23H21F2N11O. The molecule has 0 radical (unpaired) electrons. The van der Waals surface area contributed by atoms with Crippen LogP contribution in [0.2, 0.25) is 0 Å². The molecule has 5 aromatic rings. The second kappa shape index (κ2) is 9.46. The van der Waals surface area contributed by atoms with Crippen LogP contribution in [0.4, 0.5) is 26.2 Å². The van der Waals surface area contributed by atoms with Crippen LogP contribution in [-0.4, -0.2) is 71.9 Å². The maximum Gasteiger partial charge on any atom is 0.226 e. The number of rotatable bonds is 6. The number of aromatic nitrogens is 8. The van der Waals surface area contributed by atoms with Gasteiger partial charge in [-0.3, -0.25) is 0 Å². The number of anilines is 3. The monoisotopic (exact) mass is 505 g/mol. The Morgan fingerprint density at radius 1 is 1.16 bits per heavy atom. The first-order valence-corrected chi connectivity index (χ1v) is 11.5. The average molecular weight is 505 g/mol. The van der Waals surface area contributed by atoms with Gasteiger partial charge in [-0.05, 0) is 19.1 Å². The van der Waals surface area contributed by atoms with Gasteiger partial charge in [0.25, 0.3) is 0 Å². The number of piperazine rings is 1. The van der Waals surface area contributed by atoms with Gasteiger partial charge in [0.05, 0.1) is 17.9 Å². The second-order valence-corrected chi connectivity index (χ2v) is 8.44. The first-order valence-electron chi connectivity index (χ1n) is 11.5. The summed E-state index contributed by atoms with van der Waals surface area (Å²) in [4.78, 5) is 27.7. The maximum absolute atomic E-state index is 15.4. The van der Waals surface area contributed by atoms with Crippen molar-refractivity contribution in [3.05, 3.63) is 54.8 Å². The first-order chi connectivity index (χ1) is 18.1. The summed E-state index contributed by atoms with van der Waals surface area (Å²) in [6.45, 7) is 2.81. The van der Waals surface area contributed by atoms with Gasteiger partial charge in [-0.1, -0.05) is 0 Å². The number of benzene rings is 1. The largest absolute Gasteiger partial charge is 0.438 e. The van der Waals surface area contributed by atoms with E-state index in [2.05, 4.69) is 45.6 Å². The third kappa shape index (κ3) is 4.42. The minimum absolute atomic E-state index is 0.186. The Morgan fingerprint density at radius 2 is 2.08 bits per heavy atom. The summed E-state index contributed by atoms with van der Waals surface area (Å²) < 4.78 is 35.9. The van der Waals surface area contributed by atoms with Gasteiger partial charge >= 0.3 is 0 Å². The Bertz CT molecular complexity index is 1590. The highest BCUT2D eigenvalue weighted by molar-refractivity contribution is 5.87. The number of hydrogen-bond donors (Lipinski definition) is 2. The molecule has 14 heteroatoms. The van der Waals surface area contributed by atoms with E-state index in [9.17, 15) is 4.39 Å². The molecule has 0 amide bonds. The summed E-state index contributed by atoms with van der Waals surface area (Å²) in [7, 11) is 0. The van der Waals surface area contributed by atoms with Crippen molar-refractivity contribution in [3.8, 4) is 11.6 Å².